The molecule has 6 nitrogen and oxygen atoms in total. The Labute approximate surface area is 154 Å². The summed E-state index contributed by atoms with van der Waals surface area (Å²) in [6.07, 6.45) is -0.943. The molecule has 0 radical (unpaired) electrons. The average Bonchev–Trinajstić information content (AvgIpc) is 3.00. The van der Waals surface area contributed by atoms with E-state index in [-0.39, 0.29) is 5.75 Å². The number of thiazole rings is 1. The maximum atomic E-state index is 12.1. The number of esters is 1. The van der Waals surface area contributed by atoms with Gasteiger partial charge < -0.3 is 10.1 Å². The first-order valence-corrected chi connectivity index (χ1v) is 9.51. The van der Waals surface area contributed by atoms with Crippen molar-refractivity contribution >= 4 is 40.7 Å². The minimum atomic E-state index is -0.943. The van der Waals surface area contributed by atoms with E-state index in [1.54, 1.807) is 35.6 Å². The molecule has 0 unspecified atom stereocenters. The summed E-state index contributed by atoms with van der Waals surface area (Å²) in [6, 6.07) is 8.64. The smallest absolute Gasteiger partial charge is 0.316 e. The molecule has 0 fully saturated rings. The van der Waals surface area contributed by atoms with Crippen LogP contribution in [0.4, 0.5) is 5.69 Å². The van der Waals surface area contributed by atoms with E-state index >= 15 is 0 Å². The van der Waals surface area contributed by atoms with Crippen LogP contribution in [0.5, 0.6) is 0 Å². The zero-order valence-corrected chi connectivity index (χ0v) is 15.4. The molecule has 130 valence electrons. The van der Waals surface area contributed by atoms with E-state index in [0.29, 0.717) is 17.0 Å². The maximum absolute atomic E-state index is 12.1. The first-order chi connectivity index (χ1) is 12.0. The molecule has 0 bridgehead atoms. The minimum absolute atomic E-state index is 0.142. The number of carbonyl (C=O) groups excluding carboxylic acids is 2. The number of benzene rings is 1. The van der Waals surface area contributed by atoms with Crippen molar-refractivity contribution in [3.8, 4) is 6.07 Å². The van der Waals surface area contributed by atoms with Gasteiger partial charge in [0.1, 0.15) is 6.07 Å². The van der Waals surface area contributed by atoms with Crippen LogP contribution in [0.25, 0.3) is 0 Å². The van der Waals surface area contributed by atoms with Gasteiger partial charge in [-0.05, 0) is 26.0 Å². The molecule has 0 aliphatic rings. The summed E-state index contributed by atoms with van der Waals surface area (Å²) in [5.41, 5.74) is 1.67. The first-order valence-electron chi connectivity index (χ1n) is 7.48. The largest absolute Gasteiger partial charge is 0.452 e. The van der Waals surface area contributed by atoms with Gasteiger partial charge in [0.05, 0.1) is 27.7 Å². The summed E-state index contributed by atoms with van der Waals surface area (Å²) in [5.74, 6) is -0.178. The van der Waals surface area contributed by atoms with Crippen LogP contribution in [-0.4, -0.2) is 28.7 Å². The van der Waals surface area contributed by atoms with Crippen LogP contribution in [0.3, 0.4) is 0 Å². The number of hydrogen-bond donors (Lipinski definition) is 1. The lowest BCUT2D eigenvalue weighted by Crippen LogP contribution is -2.30. The van der Waals surface area contributed by atoms with Crippen molar-refractivity contribution < 1.29 is 14.3 Å². The predicted octanol–water partition coefficient (Wildman–Crippen LogP) is 3.13. The molecule has 0 aliphatic heterocycles. The molecular formula is C17H17N3O3S2. The molecule has 1 amide bonds. The van der Waals surface area contributed by atoms with Gasteiger partial charge in [-0.3, -0.25) is 9.59 Å². The molecular weight excluding hydrogens is 358 g/mol. The Bertz CT molecular complexity index is 798. The van der Waals surface area contributed by atoms with E-state index in [0.717, 1.165) is 10.7 Å². The molecule has 1 aromatic heterocycles. The van der Waals surface area contributed by atoms with E-state index in [2.05, 4.69) is 10.3 Å². The highest BCUT2D eigenvalue weighted by Gasteiger charge is 2.19. The topological polar surface area (TPSA) is 92.1 Å². The number of hydrogen-bond acceptors (Lipinski definition) is 7. The van der Waals surface area contributed by atoms with Crippen molar-refractivity contribution in [2.45, 2.75) is 25.7 Å². The number of amides is 1. The highest BCUT2D eigenvalue weighted by atomic mass is 32.2. The number of nitrogens with one attached hydrogen (secondary N) is 1. The molecule has 2 aromatic rings. The summed E-state index contributed by atoms with van der Waals surface area (Å²) in [4.78, 5) is 28.3. The SMILES string of the molecule is Cc1nc(CSCC(=O)O[C@@H](C)C(=O)Nc2ccccc2C#N)cs1. The molecule has 1 heterocycles. The normalized spacial score (nSPS) is 11.4. The van der Waals surface area contributed by atoms with Crippen LogP contribution in [0.15, 0.2) is 29.6 Å². The number of aromatic nitrogens is 1. The van der Waals surface area contributed by atoms with Crippen molar-refractivity contribution in [3.63, 3.8) is 0 Å². The van der Waals surface area contributed by atoms with Gasteiger partial charge >= 0.3 is 5.97 Å². The fourth-order valence-electron chi connectivity index (χ4n) is 1.92. The van der Waals surface area contributed by atoms with Gasteiger partial charge in [0.15, 0.2) is 6.10 Å². The van der Waals surface area contributed by atoms with Crippen molar-refractivity contribution in [2.75, 3.05) is 11.1 Å². The molecule has 8 heteroatoms. The average molecular weight is 375 g/mol. The van der Waals surface area contributed by atoms with Gasteiger partial charge in [-0.2, -0.15) is 5.26 Å². The van der Waals surface area contributed by atoms with Crippen LogP contribution in [0.1, 0.15) is 23.2 Å². The fraction of sp³-hybridized carbons (Fsp3) is 0.294. The van der Waals surface area contributed by atoms with Gasteiger partial charge in [0, 0.05) is 11.1 Å². The molecule has 0 aliphatic carbocycles. The lowest BCUT2D eigenvalue weighted by molar-refractivity contribution is -0.150. The van der Waals surface area contributed by atoms with Crippen LogP contribution >= 0.6 is 23.1 Å². The molecule has 1 atom stereocenters. The summed E-state index contributed by atoms with van der Waals surface area (Å²) in [7, 11) is 0. The lowest BCUT2D eigenvalue weighted by Gasteiger charge is -2.14. The Morgan fingerprint density at radius 2 is 2.20 bits per heavy atom. The standard InChI is InChI=1S/C17H17N3O3S2/c1-11(17(22)20-15-6-4-3-5-13(15)7-18)23-16(21)10-24-8-14-9-25-12(2)19-14/h3-6,9,11H,8,10H2,1-2H3,(H,20,22)/t11-/m0/s1. The van der Waals surface area contributed by atoms with E-state index in [4.69, 9.17) is 10.00 Å². The third-order valence-corrected chi connectivity index (χ3v) is 4.88. The second kappa shape index (κ2) is 9.20. The van der Waals surface area contributed by atoms with Crippen LogP contribution in [0.2, 0.25) is 0 Å². The van der Waals surface area contributed by atoms with E-state index in [1.165, 1.54) is 18.7 Å². The Morgan fingerprint density at radius 3 is 2.88 bits per heavy atom. The lowest BCUT2D eigenvalue weighted by atomic mass is 10.2. The van der Waals surface area contributed by atoms with Crippen molar-refractivity contribution in [1.29, 1.82) is 5.26 Å². The zero-order valence-electron chi connectivity index (χ0n) is 13.8. The minimum Gasteiger partial charge on any atom is -0.452 e. The number of nitrogens with zero attached hydrogens (tertiary/aromatic N) is 2. The van der Waals surface area contributed by atoms with Crippen molar-refractivity contribution in [2.24, 2.45) is 0 Å². The first kappa shape index (κ1) is 19.0. The molecule has 1 aromatic carbocycles. The highest BCUT2D eigenvalue weighted by molar-refractivity contribution is 7.99. The molecule has 0 spiro atoms. The number of rotatable bonds is 7. The van der Waals surface area contributed by atoms with Gasteiger partial charge in [0.2, 0.25) is 0 Å². The van der Waals surface area contributed by atoms with Gasteiger partial charge in [0.25, 0.3) is 5.91 Å². The van der Waals surface area contributed by atoms with Gasteiger partial charge in [-0.1, -0.05) is 12.1 Å². The Hall–Kier alpha value is -2.37. The fourth-order valence-corrected chi connectivity index (χ4v) is 3.33. The summed E-state index contributed by atoms with van der Waals surface area (Å²) >= 11 is 2.95. The summed E-state index contributed by atoms with van der Waals surface area (Å²) in [5, 5.41) is 14.6. The number of nitriles is 1. The van der Waals surface area contributed by atoms with E-state index < -0.39 is 18.0 Å². The van der Waals surface area contributed by atoms with Crippen molar-refractivity contribution in [3.05, 3.63) is 45.9 Å². The van der Waals surface area contributed by atoms with Crippen LogP contribution in [0, 0.1) is 18.3 Å². The molecule has 25 heavy (non-hydrogen) atoms. The quantitative estimate of drug-likeness (QED) is 0.748. The second-order valence-electron chi connectivity index (χ2n) is 5.13. The summed E-state index contributed by atoms with van der Waals surface area (Å²) < 4.78 is 5.13. The maximum Gasteiger partial charge on any atom is 0.316 e. The van der Waals surface area contributed by atoms with Crippen molar-refractivity contribution in [1.82, 2.24) is 4.98 Å². The molecule has 0 saturated carbocycles. The number of anilines is 1. The third-order valence-electron chi connectivity index (χ3n) is 3.12. The molecule has 0 saturated heterocycles. The number of aryl methyl sites for hydroxylation is 1. The predicted molar refractivity (Wildman–Crippen MR) is 98.4 cm³/mol. The molecule has 2 rings (SSSR count). The van der Waals surface area contributed by atoms with Crippen LogP contribution in [-0.2, 0) is 20.1 Å². The third kappa shape index (κ3) is 5.89. The monoisotopic (exact) mass is 375 g/mol. The Morgan fingerprint density at radius 1 is 1.44 bits per heavy atom. The number of thioether (sulfide) groups is 1. The van der Waals surface area contributed by atoms with Gasteiger partial charge in [-0.25, -0.2) is 4.98 Å². The highest BCUT2D eigenvalue weighted by Crippen LogP contribution is 2.16. The van der Waals surface area contributed by atoms with E-state index in [9.17, 15) is 9.59 Å². The van der Waals surface area contributed by atoms with Gasteiger partial charge in [-0.15, -0.1) is 23.1 Å². The number of carbonyl (C=O) groups is 2. The number of ether oxygens (including phenoxy) is 1. The zero-order chi connectivity index (χ0) is 18.2. The number of para-hydroxylation sites is 1. The summed E-state index contributed by atoms with van der Waals surface area (Å²) in [6.45, 7) is 3.43. The van der Waals surface area contributed by atoms with Crippen LogP contribution < -0.4 is 5.32 Å². The second-order valence-corrected chi connectivity index (χ2v) is 7.18. The Balaban J connectivity index is 1.78. The van der Waals surface area contributed by atoms with E-state index in [1.807, 2.05) is 18.4 Å². The molecule has 1 N–H and O–H groups in total. The Kier molecular flexibility index (Phi) is 6.98.